The van der Waals surface area contributed by atoms with Crippen molar-refractivity contribution in [1.29, 1.82) is 0 Å². The number of aliphatic hydroxyl groups is 1. The Morgan fingerprint density at radius 2 is 2.24 bits per heavy atom. The fourth-order valence-corrected chi connectivity index (χ4v) is 5.83. The number of ether oxygens (including phenoxy) is 1. The lowest BCUT2D eigenvalue weighted by Gasteiger charge is -2.40. The number of allylic oxidation sites excluding steroid dienone is 1. The van der Waals surface area contributed by atoms with Crippen molar-refractivity contribution in [3.63, 3.8) is 0 Å². The zero-order valence-corrected chi connectivity index (χ0v) is 16.4. The maximum atomic E-state index is 10.6. The Labute approximate surface area is 157 Å². The normalized spacial score (nSPS) is 42.8. The minimum atomic E-state index is -0.395. The van der Waals surface area contributed by atoms with E-state index in [-0.39, 0.29) is 6.04 Å². The molecule has 2 aliphatic carbocycles. The minimum Gasteiger partial charge on any atom is -0.381 e. The first-order valence-corrected chi connectivity index (χ1v) is 10.5. The molecule has 0 bridgehead atoms. The van der Waals surface area contributed by atoms with Crippen molar-refractivity contribution in [1.82, 2.24) is 5.32 Å². The zero-order chi connectivity index (χ0) is 18.0. The number of hydrogen-bond donors (Lipinski definition) is 3. The van der Waals surface area contributed by atoms with E-state index in [0.29, 0.717) is 35.8 Å². The summed E-state index contributed by atoms with van der Waals surface area (Å²) in [6, 6.07) is 0.611. The van der Waals surface area contributed by atoms with Gasteiger partial charge in [0, 0.05) is 36.1 Å². The maximum absolute atomic E-state index is 10.6. The number of rotatable bonds is 6. The number of nitrogens with one attached hydrogen (secondary N) is 1. The van der Waals surface area contributed by atoms with Crippen molar-refractivity contribution in [2.45, 2.75) is 82.7 Å². The van der Waals surface area contributed by atoms with Gasteiger partial charge < -0.3 is 15.6 Å². The standard InChI is InChI=1S/C20H35ClN2O2/c1-3-4-17(22)16-10-12(5-8-19(16)25-2)9-15-14-11-13(21)6-7-18(14)23-20(15)24/h6,12,14-20,23-24H,3-5,7-11,22H2,1-2H3. The van der Waals surface area contributed by atoms with Crippen molar-refractivity contribution in [3.05, 3.63) is 11.1 Å². The van der Waals surface area contributed by atoms with Gasteiger partial charge in [-0.25, -0.2) is 0 Å². The van der Waals surface area contributed by atoms with E-state index in [1.54, 1.807) is 0 Å². The molecule has 3 rings (SSSR count). The lowest BCUT2D eigenvalue weighted by Crippen LogP contribution is -2.43. The van der Waals surface area contributed by atoms with E-state index in [4.69, 9.17) is 22.1 Å². The Hall–Kier alpha value is -0.130. The summed E-state index contributed by atoms with van der Waals surface area (Å²) in [6.07, 6.45) is 10.5. The van der Waals surface area contributed by atoms with Crippen molar-refractivity contribution >= 4 is 11.6 Å². The van der Waals surface area contributed by atoms with Gasteiger partial charge in [0.05, 0.1) is 6.10 Å². The largest absolute Gasteiger partial charge is 0.381 e. The average Bonchev–Trinajstić information content (AvgIpc) is 2.90. The highest BCUT2D eigenvalue weighted by Crippen LogP contribution is 2.44. The Kier molecular flexibility index (Phi) is 6.83. The molecular formula is C20H35ClN2O2. The monoisotopic (exact) mass is 370 g/mol. The fourth-order valence-electron chi connectivity index (χ4n) is 5.56. The van der Waals surface area contributed by atoms with E-state index in [1.165, 1.54) is 6.42 Å². The van der Waals surface area contributed by atoms with E-state index in [2.05, 4.69) is 18.3 Å². The van der Waals surface area contributed by atoms with Crippen LogP contribution in [-0.4, -0.2) is 36.6 Å². The van der Waals surface area contributed by atoms with Gasteiger partial charge in [-0.1, -0.05) is 31.0 Å². The summed E-state index contributed by atoms with van der Waals surface area (Å²) < 4.78 is 5.74. The molecule has 8 unspecified atom stereocenters. The van der Waals surface area contributed by atoms with Crippen LogP contribution in [0.15, 0.2) is 11.1 Å². The molecule has 5 heteroatoms. The van der Waals surface area contributed by atoms with Crippen LogP contribution in [0.4, 0.5) is 0 Å². The molecule has 0 radical (unpaired) electrons. The third-order valence-electron chi connectivity index (χ3n) is 6.90. The Morgan fingerprint density at radius 1 is 1.44 bits per heavy atom. The SMILES string of the molecule is CCCC(N)C1CC(CC2C(O)NC3CC=C(Cl)CC32)CCC1OC. The molecule has 2 fully saturated rings. The molecule has 0 aromatic carbocycles. The zero-order valence-electron chi connectivity index (χ0n) is 15.7. The molecule has 144 valence electrons. The fraction of sp³-hybridized carbons (Fsp3) is 0.900. The number of aliphatic hydroxyl groups excluding tert-OH is 1. The van der Waals surface area contributed by atoms with Crippen molar-refractivity contribution in [3.8, 4) is 0 Å². The molecule has 0 aromatic heterocycles. The summed E-state index contributed by atoms with van der Waals surface area (Å²) in [6.45, 7) is 2.20. The van der Waals surface area contributed by atoms with Gasteiger partial charge in [0.1, 0.15) is 6.23 Å². The molecule has 25 heavy (non-hydrogen) atoms. The lowest BCUT2D eigenvalue weighted by molar-refractivity contribution is -0.0125. The number of halogens is 1. The summed E-state index contributed by atoms with van der Waals surface area (Å²) in [4.78, 5) is 0. The minimum absolute atomic E-state index is 0.226. The molecule has 1 saturated heterocycles. The highest BCUT2D eigenvalue weighted by Gasteiger charge is 2.45. The number of fused-ring (bicyclic) bond motifs is 1. The summed E-state index contributed by atoms with van der Waals surface area (Å²) in [5.74, 6) is 1.85. The first kappa shape index (κ1) is 19.6. The second-order valence-electron chi connectivity index (χ2n) is 8.44. The first-order valence-electron chi connectivity index (χ1n) is 10.1. The van der Waals surface area contributed by atoms with Crippen LogP contribution in [0.5, 0.6) is 0 Å². The maximum Gasteiger partial charge on any atom is 0.108 e. The van der Waals surface area contributed by atoms with Crippen molar-refractivity contribution < 1.29 is 9.84 Å². The smallest absolute Gasteiger partial charge is 0.108 e. The highest BCUT2D eigenvalue weighted by atomic mass is 35.5. The van der Waals surface area contributed by atoms with Crippen molar-refractivity contribution in [2.24, 2.45) is 29.4 Å². The molecule has 3 aliphatic rings. The van der Waals surface area contributed by atoms with Gasteiger partial charge in [0.15, 0.2) is 0 Å². The molecule has 1 aliphatic heterocycles. The second kappa shape index (κ2) is 8.71. The van der Waals surface area contributed by atoms with Crippen LogP contribution in [0, 0.1) is 23.7 Å². The molecular weight excluding hydrogens is 336 g/mol. The van der Waals surface area contributed by atoms with E-state index in [0.717, 1.165) is 50.0 Å². The van der Waals surface area contributed by atoms with Crippen LogP contribution >= 0.6 is 11.6 Å². The summed E-state index contributed by atoms with van der Waals surface area (Å²) in [5, 5.41) is 14.9. The topological polar surface area (TPSA) is 67.5 Å². The molecule has 4 N–H and O–H groups in total. The predicted octanol–water partition coefficient (Wildman–Crippen LogP) is 3.37. The van der Waals surface area contributed by atoms with Crippen LogP contribution in [0.1, 0.15) is 58.3 Å². The van der Waals surface area contributed by atoms with Crippen LogP contribution in [0.3, 0.4) is 0 Å². The summed E-state index contributed by atoms with van der Waals surface area (Å²) in [5.41, 5.74) is 6.48. The average molecular weight is 371 g/mol. The van der Waals surface area contributed by atoms with E-state index in [1.807, 2.05) is 7.11 Å². The van der Waals surface area contributed by atoms with Gasteiger partial charge in [-0.2, -0.15) is 0 Å². The molecule has 4 nitrogen and oxygen atoms in total. The van der Waals surface area contributed by atoms with E-state index < -0.39 is 6.23 Å². The van der Waals surface area contributed by atoms with Crippen LogP contribution in [0.2, 0.25) is 0 Å². The second-order valence-corrected chi connectivity index (χ2v) is 8.93. The highest BCUT2D eigenvalue weighted by molar-refractivity contribution is 6.29. The van der Waals surface area contributed by atoms with Crippen molar-refractivity contribution in [2.75, 3.05) is 7.11 Å². The lowest BCUT2D eigenvalue weighted by atomic mass is 9.70. The molecule has 0 aromatic rings. The third-order valence-corrected chi connectivity index (χ3v) is 7.21. The predicted molar refractivity (Wildman–Crippen MR) is 102 cm³/mol. The number of nitrogens with two attached hydrogens (primary N) is 1. The quantitative estimate of drug-likeness (QED) is 0.670. The summed E-state index contributed by atoms with van der Waals surface area (Å²) in [7, 11) is 1.82. The molecule has 8 atom stereocenters. The van der Waals surface area contributed by atoms with Gasteiger partial charge in [-0.05, 0) is 56.8 Å². The Bertz CT molecular complexity index is 473. The summed E-state index contributed by atoms with van der Waals surface area (Å²) >= 11 is 6.30. The van der Waals surface area contributed by atoms with Crippen LogP contribution in [0.25, 0.3) is 0 Å². The van der Waals surface area contributed by atoms with Crippen LogP contribution in [-0.2, 0) is 4.74 Å². The molecule has 1 heterocycles. The van der Waals surface area contributed by atoms with Gasteiger partial charge in [-0.3, -0.25) is 5.32 Å². The van der Waals surface area contributed by atoms with E-state index in [9.17, 15) is 5.11 Å². The third kappa shape index (κ3) is 4.41. The Morgan fingerprint density at radius 3 is 2.96 bits per heavy atom. The molecule has 0 spiro atoms. The van der Waals surface area contributed by atoms with Gasteiger partial charge >= 0.3 is 0 Å². The van der Waals surface area contributed by atoms with E-state index >= 15 is 0 Å². The number of methoxy groups -OCH3 is 1. The van der Waals surface area contributed by atoms with Gasteiger partial charge in [0.2, 0.25) is 0 Å². The Balaban J connectivity index is 1.63. The molecule has 0 amide bonds. The van der Waals surface area contributed by atoms with Gasteiger partial charge in [0.25, 0.3) is 0 Å². The van der Waals surface area contributed by atoms with Crippen LogP contribution < -0.4 is 11.1 Å². The number of hydrogen-bond acceptors (Lipinski definition) is 4. The first-order chi connectivity index (χ1) is 12.0. The van der Waals surface area contributed by atoms with Gasteiger partial charge in [-0.15, -0.1) is 0 Å². The molecule has 1 saturated carbocycles.